The van der Waals surface area contributed by atoms with E-state index in [0.29, 0.717) is 17.7 Å². The van der Waals surface area contributed by atoms with E-state index in [2.05, 4.69) is 49.4 Å². The topological polar surface area (TPSA) is 22.4 Å². The highest BCUT2D eigenvalue weighted by molar-refractivity contribution is 6.31. The van der Waals surface area contributed by atoms with Crippen LogP contribution < -0.4 is 21.7 Å². The molecule has 33 heavy (non-hydrogen) atoms. The molecule has 0 amide bonds. The maximum Gasteiger partial charge on any atom is 0.139 e. The molecule has 174 valence electrons. The SMILES string of the molecule is CCC1CCCC[N+]1(CCOc1ccc2c(c1)oc1cc(Cl)ccc12)Cc1ccccc1.[Br-]. The number of piperidine rings is 1. The monoisotopic (exact) mass is 527 g/mol. The van der Waals surface area contributed by atoms with Crippen LogP contribution in [0, 0.1) is 0 Å². The smallest absolute Gasteiger partial charge is 0.139 e. The van der Waals surface area contributed by atoms with Crippen LogP contribution in [0.15, 0.2) is 71.1 Å². The molecule has 5 rings (SSSR count). The number of rotatable bonds is 7. The Morgan fingerprint density at radius 2 is 1.73 bits per heavy atom. The van der Waals surface area contributed by atoms with Crippen molar-refractivity contribution in [1.82, 2.24) is 0 Å². The number of halogens is 2. The van der Waals surface area contributed by atoms with Gasteiger partial charge in [0.25, 0.3) is 0 Å². The molecule has 0 aliphatic carbocycles. The molecule has 1 aliphatic rings. The van der Waals surface area contributed by atoms with E-state index in [1.807, 2.05) is 24.3 Å². The first-order chi connectivity index (χ1) is 15.7. The van der Waals surface area contributed by atoms with Gasteiger partial charge < -0.3 is 30.6 Å². The predicted octanol–water partition coefficient (Wildman–Crippen LogP) is 4.60. The molecule has 2 heterocycles. The summed E-state index contributed by atoms with van der Waals surface area (Å²) in [5.41, 5.74) is 3.09. The lowest BCUT2D eigenvalue weighted by Crippen LogP contribution is -3.00. The van der Waals surface area contributed by atoms with Gasteiger partial charge in [-0.3, -0.25) is 0 Å². The maximum atomic E-state index is 6.29. The summed E-state index contributed by atoms with van der Waals surface area (Å²) in [6.45, 7) is 6.41. The summed E-state index contributed by atoms with van der Waals surface area (Å²) in [5, 5.41) is 2.87. The van der Waals surface area contributed by atoms with Crippen molar-refractivity contribution < 1.29 is 30.6 Å². The number of hydrogen-bond acceptors (Lipinski definition) is 2. The second-order valence-corrected chi connectivity index (χ2v) is 9.55. The van der Waals surface area contributed by atoms with Crippen LogP contribution in [0.25, 0.3) is 21.9 Å². The third-order valence-corrected chi connectivity index (χ3v) is 7.42. The highest BCUT2D eigenvalue weighted by Crippen LogP contribution is 2.34. The van der Waals surface area contributed by atoms with Gasteiger partial charge in [-0.25, -0.2) is 0 Å². The highest BCUT2D eigenvalue weighted by atomic mass is 79.9. The van der Waals surface area contributed by atoms with Crippen LogP contribution in [0.5, 0.6) is 5.75 Å². The summed E-state index contributed by atoms with van der Waals surface area (Å²) in [7, 11) is 0. The minimum atomic E-state index is 0. The Hall–Kier alpha value is -2.01. The highest BCUT2D eigenvalue weighted by Gasteiger charge is 2.38. The predicted molar refractivity (Wildman–Crippen MR) is 132 cm³/mol. The van der Waals surface area contributed by atoms with Gasteiger partial charge in [0.2, 0.25) is 0 Å². The molecular weight excluding hydrogens is 498 g/mol. The Morgan fingerprint density at radius 3 is 2.52 bits per heavy atom. The standard InChI is InChI=1S/C28H31ClNO2.BrH/c1-2-23-10-6-7-15-30(23,20-21-8-4-3-5-9-21)16-17-31-24-12-14-26-25-13-11-22(29)18-27(25)32-28(26)19-24;/h3-5,8-9,11-14,18-19,23H,2,6-7,10,15-17,20H2,1H3;1H/q+1;/p-1. The molecule has 5 heteroatoms. The largest absolute Gasteiger partial charge is 1.00 e. The molecule has 0 bridgehead atoms. The van der Waals surface area contributed by atoms with Crippen LogP contribution in [0.4, 0.5) is 0 Å². The van der Waals surface area contributed by atoms with Crippen molar-refractivity contribution in [1.29, 1.82) is 0 Å². The van der Waals surface area contributed by atoms with Gasteiger partial charge in [-0.2, -0.15) is 0 Å². The van der Waals surface area contributed by atoms with Gasteiger partial charge in [-0.1, -0.05) is 48.9 Å². The van der Waals surface area contributed by atoms with Crippen molar-refractivity contribution >= 4 is 33.5 Å². The Bertz CT molecular complexity index is 1210. The fraction of sp³-hybridized carbons (Fsp3) is 0.357. The van der Waals surface area contributed by atoms with Crippen molar-refractivity contribution in [2.45, 2.75) is 45.2 Å². The normalized spacial score (nSPS) is 20.6. The molecule has 1 fully saturated rings. The molecule has 2 unspecified atom stereocenters. The van der Waals surface area contributed by atoms with E-state index in [-0.39, 0.29) is 17.0 Å². The Morgan fingerprint density at radius 1 is 0.970 bits per heavy atom. The van der Waals surface area contributed by atoms with E-state index in [1.165, 1.54) is 37.8 Å². The van der Waals surface area contributed by atoms with Gasteiger partial charge in [0.05, 0.1) is 12.6 Å². The summed E-state index contributed by atoms with van der Waals surface area (Å²) < 4.78 is 13.5. The van der Waals surface area contributed by atoms with Crippen molar-refractivity contribution in [3.05, 3.63) is 77.3 Å². The zero-order chi connectivity index (χ0) is 22.0. The van der Waals surface area contributed by atoms with Crippen molar-refractivity contribution in [2.75, 3.05) is 19.7 Å². The van der Waals surface area contributed by atoms with E-state index < -0.39 is 0 Å². The van der Waals surface area contributed by atoms with E-state index in [1.54, 1.807) is 0 Å². The summed E-state index contributed by atoms with van der Waals surface area (Å²) in [6.07, 6.45) is 5.19. The fourth-order valence-corrected chi connectivity index (χ4v) is 5.71. The molecule has 4 aromatic rings. The minimum absolute atomic E-state index is 0. The first-order valence-corrected chi connectivity index (χ1v) is 12.2. The van der Waals surface area contributed by atoms with Gasteiger partial charge in [0.15, 0.2) is 0 Å². The zero-order valence-electron chi connectivity index (χ0n) is 19.1. The lowest BCUT2D eigenvalue weighted by Gasteiger charge is -2.47. The van der Waals surface area contributed by atoms with Crippen LogP contribution in [0.3, 0.4) is 0 Å². The Kier molecular flexibility index (Phi) is 7.68. The first-order valence-electron chi connectivity index (χ1n) is 11.8. The van der Waals surface area contributed by atoms with Crippen LogP contribution in [0.2, 0.25) is 5.02 Å². The van der Waals surface area contributed by atoms with Gasteiger partial charge in [0, 0.05) is 33.5 Å². The summed E-state index contributed by atoms with van der Waals surface area (Å²) in [4.78, 5) is 0. The Balaban J connectivity index is 0.00000259. The Labute approximate surface area is 211 Å². The fourth-order valence-electron chi connectivity index (χ4n) is 5.55. The van der Waals surface area contributed by atoms with Crippen LogP contribution >= 0.6 is 11.6 Å². The van der Waals surface area contributed by atoms with Crippen molar-refractivity contribution in [3.8, 4) is 5.75 Å². The molecule has 1 aromatic heterocycles. The number of likely N-dealkylation sites (tertiary alicyclic amines) is 1. The molecule has 3 nitrogen and oxygen atoms in total. The van der Waals surface area contributed by atoms with E-state index in [9.17, 15) is 0 Å². The van der Waals surface area contributed by atoms with Crippen LogP contribution in [0.1, 0.15) is 38.2 Å². The van der Waals surface area contributed by atoms with E-state index in [0.717, 1.165) is 45.3 Å². The maximum absolute atomic E-state index is 6.29. The number of hydrogen-bond donors (Lipinski definition) is 0. The first kappa shape index (κ1) is 24.1. The number of furan rings is 1. The average Bonchev–Trinajstić information content (AvgIpc) is 3.16. The molecule has 0 radical (unpaired) electrons. The molecule has 2 atom stereocenters. The lowest BCUT2D eigenvalue weighted by atomic mass is 9.94. The number of nitrogens with zero attached hydrogens (tertiary/aromatic N) is 1. The third kappa shape index (κ3) is 5.08. The van der Waals surface area contributed by atoms with E-state index in [4.69, 9.17) is 20.8 Å². The summed E-state index contributed by atoms with van der Waals surface area (Å²) in [5.74, 6) is 0.866. The molecule has 3 aromatic carbocycles. The molecule has 0 N–H and O–H groups in total. The van der Waals surface area contributed by atoms with E-state index >= 15 is 0 Å². The molecule has 1 saturated heterocycles. The average molecular weight is 529 g/mol. The minimum Gasteiger partial charge on any atom is -1.00 e. The van der Waals surface area contributed by atoms with Gasteiger partial charge >= 0.3 is 0 Å². The summed E-state index contributed by atoms with van der Waals surface area (Å²) in [6, 6.07) is 23.6. The van der Waals surface area contributed by atoms with Crippen molar-refractivity contribution in [2.24, 2.45) is 0 Å². The molecule has 1 aliphatic heterocycles. The van der Waals surface area contributed by atoms with Gasteiger partial charge in [0.1, 0.15) is 36.6 Å². The third-order valence-electron chi connectivity index (χ3n) is 7.19. The second-order valence-electron chi connectivity index (χ2n) is 9.12. The molecule has 0 saturated carbocycles. The molecule has 0 spiro atoms. The second kappa shape index (κ2) is 10.5. The quantitative estimate of drug-likeness (QED) is 0.327. The number of quaternary nitrogens is 1. The van der Waals surface area contributed by atoms with Gasteiger partial charge in [-0.15, -0.1) is 0 Å². The van der Waals surface area contributed by atoms with Crippen LogP contribution in [-0.4, -0.2) is 30.2 Å². The molecular formula is C28H31BrClNO2. The number of benzene rings is 3. The van der Waals surface area contributed by atoms with Gasteiger partial charge in [-0.05, 0) is 49.9 Å². The number of ether oxygens (including phenoxy) is 1. The zero-order valence-corrected chi connectivity index (χ0v) is 21.4. The lowest BCUT2D eigenvalue weighted by molar-refractivity contribution is -0.968. The van der Waals surface area contributed by atoms with Crippen molar-refractivity contribution in [3.63, 3.8) is 0 Å². The summed E-state index contributed by atoms with van der Waals surface area (Å²) >= 11 is 6.13. The van der Waals surface area contributed by atoms with Crippen LogP contribution in [-0.2, 0) is 6.54 Å². The number of fused-ring (bicyclic) bond motifs is 3.